The Bertz CT molecular complexity index is 1820. The first-order valence-corrected chi connectivity index (χ1v) is 14.0. The molecule has 7 rings (SSSR count). The molecule has 0 amide bonds. The highest BCUT2D eigenvalue weighted by atomic mass is 16.7. The second-order valence-corrected chi connectivity index (χ2v) is 11.6. The summed E-state index contributed by atoms with van der Waals surface area (Å²) in [5.74, 6) is 0. The third-order valence-electron chi connectivity index (χ3n) is 8.65. The molecule has 0 aliphatic carbocycles. The highest BCUT2D eigenvalue weighted by Gasteiger charge is 2.52. The number of nitrogens with zero attached hydrogens (tertiary/aromatic N) is 1. The van der Waals surface area contributed by atoms with E-state index in [1.54, 1.807) is 0 Å². The Hall–Kier alpha value is -4.12. The Morgan fingerprint density at radius 1 is 0.525 bits per heavy atom. The minimum atomic E-state index is -0.485. The van der Waals surface area contributed by atoms with Gasteiger partial charge in [0, 0.05) is 27.5 Å². The standard InChI is InChI=1S/C36H32BNO2/c1-35(2)36(3,4)40-37(39-35)31-22-14-21-30-32-28(25-15-8-5-9-16-25)23-24-29(26-17-10-6-11-18-26)34(32)38(33(30)31)27-19-12-7-13-20-27/h5-24H,1-4H3. The first kappa shape index (κ1) is 24.9. The molecular weight excluding hydrogens is 489 g/mol. The summed E-state index contributed by atoms with van der Waals surface area (Å²) in [6.07, 6.45) is 0. The van der Waals surface area contributed by atoms with Crippen LogP contribution in [0, 0.1) is 0 Å². The molecule has 0 atom stereocenters. The predicted molar refractivity (Wildman–Crippen MR) is 167 cm³/mol. The minimum Gasteiger partial charge on any atom is -0.399 e. The van der Waals surface area contributed by atoms with E-state index in [1.165, 1.54) is 38.5 Å². The van der Waals surface area contributed by atoms with Crippen LogP contribution in [-0.4, -0.2) is 22.9 Å². The summed E-state index contributed by atoms with van der Waals surface area (Å²) in [5.41, 5.74) is 8.34. The maximum absolute atomic E-state index is 6.64. The number of aromatic nitrogens is 1. The fourth-order valence-corrected chi connectivity index (χ4v) is 5.92. The maximum Gasteiger partial charge on any atom is 0.497 e. The molecule has 0 saturated carbocycles. The van der Waals surface area contributed by atoms with E-state index in [-0.39, 0.29) is 0 Å². The topological polar surface area (TPSA) is 23.4 Å². The van der Waals surface area contributed by atoms with E-state index >= 15 is 0 Å². The molecule has 0 spiro atoms. The van der Waals surface area contributed by atoms with Crippen LogP contribution in [0.5, 0.6) is 0 Å². The van der Waals surface area contributed by atoms with Gasteiger partial charge in [-0.25, -0.2) is 0 Å². The summed E-state index contributed by atoms with van der Waals surface area (Å²) < 4.78 is 15.7. The van der Waals surface area contributed by atoms with Gasteiger partial charge in [0.2, 0.25) is 0 Å². The smallest absolute Gasteiger partial charge is 0.399 e. The van der Waals surface area contributed by atoms with Gasteiger partial charge in [-0.15, -0.1) is 0 Å². The van der Waals surface area contributed by atoms with Crippen molar-refractivity contribution in [2.45, 2.75) is 38.9 Å². The van der Waals surface area contributed by atoms with Crippen LogP contribution in [0.2, 0.25) is 0 Å². The van der Waals surface area contributed by atoms with Crippen LogP contribution < -0.4 is 5.46 Å². The van der Waals surface area contributed by atoms with E-state index in [4.69, 9.17) is 9.31 Å². The summed E-state index contributed by atoms with van der Waals surface area (Å²) >= 11 is 0. The Morgan fingerprint density at radius 2 is 1.05 bits per heavy atom. The number of para-hydroxylation sites is 2. The highest BCUT2D eigenvalue weighted by Crippen LogP contribution is 2.44. The predicted octanol–water partition coefficient (Wildman–Crippen LogP) is 8.42. The molecule has 3 nitrogen and oxygen atoms in total. The monoisotopic (exact) mass is 521 g/mol. The number of rotatable bonds is 4. The average molecular weight is 521 g/mol. The molecule has 6 aromatic rings. The normalized spacial score (nSPS) is 16.1. The van der Waals surface area contributed by atoms with Gasteiger partial charge in [-0.2, -0.15) is 0 Å². The fourth-order valence-electron chi connectivity index (χ4n) is 5.92. The van der Waals surface area contributed by atoms with Crippen molar-refractivity contribution in [2.24, 2.45) is 0 Å². The molecular formula is C36H32BNO2. The molecule has 1 aromatic heterocycles. The lowest BCUT2D eigenvalue weighted by Gasteiger charge is -2.32. The lowest BCUT2D eigenvalue weighted by molar-refractivity contribution is 0.00578. The summed E-state index contributed by atoms with van der Waals surface area (Å²) in [6, 6.07) is 43.1. The highest BCUT2D eigenvalue weighted by molar-refractivity contribution is 6.65. The van der Waals surface area contributed by atoms with Gasteiger partial charge in [0.05, 0.1) is 22.2 Å². The van der Waals surface area contributed by atoms with Crippen molar-refractivity contribution in [1.82, 2.24) is 4.57 Å². The van der Waals surface area contributed by atoms with Crippen LogP contribution in [-0.2, 0) is 9.31 Å². The molecule has 1 fully saturated rings. The average Bonchev–Trinajstić information content (AvgIpc) is 3.44. The third kappa shape index (κ3) is 3.82. The third-order valence-corrected chi connectivity index (χ3v) is 8.65. The van der Waals surface area contributed by atoms with Gasteiger partial charge in [0.15, 0.2) is 0 Å². The van der Waals surface area contributed by atoms with Crippen LogP contribution in [0.1, 0.15) is 27.7 Å². The molecule has 1 aliphatic heterocycles. The van der Waals surface area contributed by atoms with Crippen LogP contribution in [0.25, 0.3) is 49.7 Å². The van der Waals surface area contributed by atoms with Crippen molar-refractivity contribution in [3.8, 4) is 27.9 Å². The van der Waals surface area contributed by atoms with E-state index in [0.717, 1.165) is 16.7 Å². The maximum atomic E-state index is 6.64. The Kier molecular flexibility index (Phi) is 5.74. The van der Waals surface area contributed by atoms with E-state index in [2.05, 4.69) is 154 Å². The SMILES string of the molecule is CC1(C)OB(c2cccc3c4c(-c5ccccc5)ccc(-c5ccccc5)c4n(-c4ccccc4)c23)OC1(C)C. The first-order valence-electron chi connectivity index (χ1n) is 14.0. The molecule has 1 aliphatic rings. The van der Waals surface area contributed by atoms with E-state index in [9.17, 15) is 0 Å². The van der Waals surface area contributed by atoms with Crippen molar-refractivity contribution >= 4 is 34.4 Å². The summed E-state index contributed by atoms with van der Waals surface area (Å²) in [7, 11) is -0.485. The largest absolute Gasteiger partial charge is 0.497 e. The molecule has 2 heterocycles. The van der Waals surface area contributed by atoms with Gasteiger partial charge < -0.3 is 13.9 Å². The van der Waals surface area contributed by atoms with Crippen molar-refractivity contribution in [3.63, 3.8) is 0 Å². The van der Waals surface area contributed by atoms with Gasteiger partial charge in [-0.1, -0.05) is 109 Å². The van der Waals surface area contributed by atoms with E-state index < -0.39 is 18.3 Å². The molecule has 0 unspecified atom stereocenters. The van der Waals surface area contributed by atoms with Crippen LogP contribution in [0.15, 0.2) is 121 Å². The zero-order chi connectivity index (χ0) is 27.5. The summed E-state index contributed by atoms with van der Waals surface area (Å²) in [6.45, 7) is 8.45. The molecule has 0 bridgehead atoms. The van der Waals surface area contributed by atoms with E-state index in [1.807, 2.05) is 0 Å². The van der Waals surface area contributed by atoms with E-state index in [0.29, 0.717) is 0 Å². The van der Waals surface area contributed by atoms with Gasteiger partial charge in [-0.05, 0) is 56.5 Å². The zero-order valence-corrected chi connectivity index (χ0v) is 23.4. The first-order chi connectivity index (χ1) is 19.4. The molecule has 0 radical (unpaired) electrons. The van der Waals surface area contributed by atoms with Crippen molar-refractivity contribution in [1.29, 1.82) is 0 Å². The summed E-state index contributed by atoms with van der Waals surface area (Å²) in [4.78, 5) is 0. The lowest BCUT2D eigenvalue weighted by Crippen LogP contribution is -2.41. The van der Waals surface area contributed by atoms with Crippen molar-refractivity contribution in [2.75, 3.05) is 0 Å². The lowest BCUT2D eigenvalue weighted by atomic mass is 9.77. The molecule has 196 valence electrons. The van der Waals surface area contributed by atoms with Gasteiger partial charge in [0.1, 0.15) is 0 Å². The van der Waals surface area contributed by atoms with Crippen LogP contribution in [0.4, 0.5) is 0 Å². The number of hydrogen-bond donors (Lipinski definition) is 0. The second kappa shape index (κ2) is 9.23. The van der Waals surface area contributed by atoms with Crippen LogP contribution in [0.3, 0.4) is 0 Å². The Labute approximate surface area is 236 Å². The fraction of sp³-hybridized carbons (Fsp3) is 0.167. The number of fused-ring (bicyclic) bond motifs is 3. The van der Waals surface area contributed by atoms with Gasteiger partial charge >= 0.3 is 7.12 Å². The number of hydrogen-bond acceptors (Lipinski definition) is 2. The molecule has 0 N–H and O–H groups in total. The van der Waals surface area contributed by atoms with Crippen molar-refractivity contribution < 1.29 is 9.31 Å². The van der Waals surface area contributed by atoms with Crippen molar-refractivity contribution in [3.05, 3.63) is 121 Å². The Balaban J connectivity index is 1.66. The number of benzene rings is 5. The molecule has 40 heavy (non-hydrogen) atoms. The minimum absolute atomic E-state index is 0.437. The summed E-state index contributed by atoms with van der Waals surface area (Å²) in [5, 5.41) is 2.41. The Morgan fingerprint density at radius 3 is 1.65 bits per heavy atom. The second-order valence-electron chi connectivity index (χ2n) is 11.6. The zero-order valence-electron chi connectivity index (χ0n) is 23.4. The van der Waals surface area contributed by atoms with Gasteiger partial charge in [0.25, 0.3) is 0 Å². The van der Waals surface area contributed by atoms with Crippen LogP contribution >= 0.6 is 0 Å². The molecule has 4 heteroatoms. The quantitative estimate of drug-likeness (QED) is 0.218. The van der Waals surface area contributed by atoms with Gasteiger partial charge in [-0.3, -0.25) is 0 Å². The molecule has 5 aromatic carbocycles. The molecule has 1 saturated heterocycles.